The van der Waals surface area contributed by atoms with E-state index in [1.807, 2.05) is 0 Å². The van der Waals surface area contributed by atoms with E-state index in [1.165, 1.54) is 24.4 Å². The molecule has 0 atom stereocenters. The lowest BCUT2D eigenvalue weighted by atomic mass is 9.66. The number of nitriles is 1. The van der Waals surface area contributed by atoms with Gasteiger partial charge in [-0.1, -0.05) is 6.07 Å². The maximum absolute atomic E-state index is 13.7. The number of halogens is 3. The number of tetrazole rings is 1. The lowest BCUT2D eigenvalue weighted by Crippen LogP contribution is -2.58. The Balaban J connectivity index is 1.58. The molecule has 13 nitrogen and oxygen atoms in total. The van der Waals surface area contributed by atoms with Crippen molar-refractivity contribution in [3.63, 3.8) is 0 Å². The van der Waals surface area contributed by atoms with Gasteiger partial charge in [-0.15, -0.1) is 10.2 Å². The Hall–Kier alpha value is -4.17. The fraction of sp³-hybridized carbons (Fsp3) is 0.381. The van der Waals surface area contributed by atoms with Crippen LogP contribution in [0.1, 0.15) is 31.2 Å². The number of nitrogens with zero attached hydrogens (tertiary/aromatic N) is 7. The van der Waals surface area contributed by atoms with Crippen LogP contribution in [0, 0.1) is 23.7 Å². The van der Waals surface area contributed by atoms with Gasteiger partial charge in [-0.05, 0) is 60.0 Å². The Morgan fingerprint density at radius 2 is 2.03 bits per heavy atom. The number of carbonyl (C=O) groups excluding carboxylic acids is 1. The molecule has 0 amide bonds. The number of hydroxylamine groups is 1. The third-order valence-corrected chi connectivity index (χ3v) is 8.53. The van der Waals surface area contributed by atoms with E-state index in [9.17, 15) is 31.6 Å². The molecular formula is C21H18F3N9O4S. The number of benzene rings is 1. The van der Waals surface area contributed by atoms with Crippen LogP contribution in [0.2, 0.25) is 0 Å². The summed E-state index contributed by atoms with van der Waals surface area (Å²) >= 11 is 0. The van der Waals surface area contributed by atoms with Crippen LogP contribution in [-0.2, 0) is 19.7 Å². The molecule has 1 aromatic carbocycles. The van der Waals surface area contributed by atoms with E-state index in [4.69, 9.17) is 5.73 Å². The van der Waals surface area contributed by atoms with Gasteiger partial charge in [-0.3, -0.25) is 0 Å². The maximum Gasteiger partial charge on any atom is 0.492 e. The van der Waals surface area contributed by atoms with Crippen molar-refractivity contribution in [3.8, 4) is 28.8 Å². The van der Waals surface area contributed by atoms with Crippen molar-refractivity contribution in [2.24, 2.45) is 5.41 Å². The lowest BCUT2D eigenvalue weighted by Gasteiger charge is -2.47. The zero-order valence-corrected chi connectivity index (χ0v) is 20.3. The van der Waals surface area contributed by atoms with Gasteiger partial charge in [0.2, 0.25) is 5.82 Å². The van der Waals surface area contributed by atoms with Crippen molar-refractivity contribution in [2.75, 3.05) is 5.73 Å². The monoisotopic (exact) mass is 549 g/mol. The zero-order chi connectivity index (χ0) is 27.5. The average molecular weight is 549 g/mol. The van der Waals surface area contributed by atoms with Crippen LogP contribution in [0.3, 0.4) is 0 Å². The van der Waals surface area contributed by atoms with Gasteiger partial charge in [0, 0.05) is 5.56 Å². The first-order chi connectivity index (χ1) is 17.8. The molecule has 0 radical (unpaired) electrons. The molecule has 3 aliphatic carbocycles. The fourth-order valence-electron chi connectivity index (χ4n) is 5.00. The third kappa shape index (κ3) is 4.01. The van der Waals surface area contributed by atoms with E-state index in [1.54, 1.807) is 6.92 Å². The van der Waals surface area contributed by atoms with Gasteiger partial charge in [0.05, 0.1) is 33.8 Å². The van der Waals surface area contributed by atoms with E-state index < -0.39 is 38.0 Å². The maximum atomic E-state index is 13.7. The highest BCUT2D eigenvalue weighted by Crippen LogP contribution is 2.64. The smallest absolute Gasteiger partial charge is 0.382 e. The highest BCUT2D eigenvalue weighted by molar-refractivity contribution is 7.89. The molecule has 0 saturated heterocycles. The van der Waals surface area contributed by atoms with Crippen LogP contribution in [-0.4, -0.2) is 61.2 Å². The molecule has 17 heteroatoms. The number of nitrogens with one attached hydrogen (secondary N) is 1. The van der Waals surface area contributed by atoms with Crippen LogP contribution in [0.4, 0.5) is 19.0 Å². The van der Waals surface area contributed by atoms with E-state index >= 15 is 0 Å². The Bertz CT molecular complexity index is 1580. The van der Waals surface area contributed by atoms with Gasteiger partial charge in [0.15, 0.2) is 11.5 Å². The predicted octanol–water partition coefficient (Wildman–Crippen LogP) is 2.06. The number of H-pyrrole nitrogens is 1. The van der Waals surface area contributed by atoms with Gasteiger partial charge in [0.1, 0.15) is 0 Å². The summed E-state index contributed by atoms with van der Waals surface area (Å²) in [5.41, 5.74) is 4.57. The van der Waals surface area contributed by atoms with Gasteiger partial charge in [0.25, 0.3) is 10.0 Å². The summed E-state index contributed by atoms with van der Waals surface area (Å²) in [6.45, 7) is 1.65. The van der Waals surface area contributed by atoms with E-state index in [2.05, 4.69) is 41.5 Å². The van der Waals surface area contributed by atoms with Crippen LogP contribution in [0.25, 0.3) is 22.8 Å². The normalized spacial score (nSPS) is 22.6. The number of anilines is 1. The zero-order valence-electron chi connectivity index (χ0n) is 19.5. The number of fused-ring (bicyclic) bond motifs is 1. The van der Waals surface area contributed by atoms with Crippen molar-refractivity contribution < 1.29 is 31.2 Å². The molecule has 38 heavy (non-hydrogen) atoms. The second-order valence-electron chi connectivity index (χ2n) is 9.28. The second-order valence-corrected chi connectivity index (χ2v) is 11.0. The largest absolute Gasteiger partial charge is 0.492 e. The van der Waals surface area contributed by atoms with Gasteiger partial charge in [-0.25, -0.2) is 23.2 Å². The minimum absolute atomic E-state index is 0.0203. The number of aromatic nitrogens is 6. The van der Waals surface area contributed by atoms with Crippen LogP contribution in [0.15, 0.2) is 29.3 Å². The second kappa shape index (κ2) is 8.43. The average Bonchev–Trinajstić information content (AvgIpc) is 3.58. The van der Waals surface area contributed by atoms with Crippen molar-refractivity contribution in [1.29, 1.82) is 5.26 Å². The predicted molar refractivity (Wildman–Crippen MR) is 120 cm³/mol. The fourth-order valence-corrected chi connectivity index (χ4v) is 6.60. The lowest BCUT2D eigenvalue weighted by molar-refractivity contribution is -0.241. The Morgan fingerprint density at radius 1 is 1.29 bits per heavy atom. The van der Waals surface area contributed by atoms with E-state index in [0.29, 0.717) is 5.56 Å². The number of sulfonamides is 1. The van der Waals surface area contributed by atoms with Gasteiger partial charge in [-0.2, -0.15) is 23.6 Å². The Labute approximate surface area is 212 Å². The molecule has 2 bridgehead atoms. The van der Waals surface area contributed by atoms with Crippen molar-refractivity contribution >= 4 is 21.8 Å². The highest BCUT2D eigenvalue weighted by Gasteiger charge is 2.68. The number of nitrogen functional groups attached to an aromatic ring is 1. The Kier molecular flexibility index (Phi) is 5.65. The summed E-state index contributed by atoms with van der Waals surface area (Å²) < 4.78 is 66.9. The third-order valence-electron chi connectivity index (χ3n) is 6.78. The molecule has 3 saturated carbocycles. The van der Waals surface area contributed by atoms with Gasteiger partial charge >= 0.3 is 12.1 Å². The molecule has 198 valence electrons. The quantitative estimate of drug-likeness (QED) is 0.427. The van der Waals surface area contributed by atoms with Crippen molar-refractivity contribution in [1.82, 2.24) is 35.1 Å². The van der Waals surface area contributed by atoms with Crippen molar-refractivity contribution in [2.45, 2.75) is 49.2 Å². The van der Waals surface area contributed by atoms with E-state index in [-0.39, 0.29) is 58.7 Å². The molecule has 2 heterocycles. The van der Waals surface area contributed by atoms with Crippen LogP contribution in [0.5, 0.6) is 0 Å². The van der Waals surface area contributed by atoms with Crippen molar-refractivity contribution in [3.05, 3.63) is 30.0 Å². The molecule has 3 aliphatic rings. The molecule has 3 aromatic rings. The summed E-state index contributed by atoms with van der Waals surface area (Å²) in [6.07, 6.45) is -3.96. The number of alkyl halides is 3. The summed E-state index contributed by atoms with van der Waals surface area (Å²) in [5.74, 6) is -2.67. The topological polar surface area (TPSA) is 194 Å². The number of carbonyl (C=O) groups is 1. The summed E-state index contributed by atoms with van der Waals surface area (Å²) in [5, 5.41) is 22.8. The summed E-state index contributed by atoms with van der Waals surface area (Å²) in [7, 11) is -4.84. The number of aryl methyl sites for hydroxylation is 1. The number of aromatic amines is 1. The molecule has 3 fully saturated rings. The first-order valence-electron chi connectivity index (χ1n) is 11.0. The standard InChI is InChI=1S/C21H18F3N9O4S/c1-11-2-3-12(6-13(11)14-7-27-16(26)15(28-14)17-29-31-32-30-17)38(35,36)33(37-18(34)21(22,23)24)20-5-4-19(8-20,9-20)10-25/h2-3,6-7H,4-5,8-9H2,1H3,(H2,26,27)(H,29,30,31,32). The molecule has 6 rings (SSSR count). The summed E-state index contributed by atoms with van der Waals surface area (Å²) in [4.78, 5) is 24.2. The number of nitrogens with two attached hydrogens (primary N) is 1. The number of rotatable bonds is 6. The number of hydrogen-bond acceptors (Lipinski definition) is 11. The van der Waals surface area contributed by atoms with Gasteiger partial charge < -0.3 is 10.6 Å². The SMILES string of the molecule is Cc1ccc(S(=O)(=O)N(OC(=O)C(F)(F)F)C23CCC(C#N)(C2)C3)cc1-c1cnc(N)c(-c2nn[nH]n2)n1. The first-order valence-corrected chi connectivity index (χ1v) is 12.5. The van der Waals surface area contributed by atoms with Crippen LogP contribution < -0.4 is 5.73 Å². The Morgan fingerprint density at radius 3 is 2.63 bits per heavy atom. The number of hydrogen-bond donors (Lipinski definition) is 2. The molecular weight excluding hydrogens is 531 g/mol. The minimum atomic E-state index is -5.44. The highest BCUT2D eigenvalue weighted by atomic mass is 32.2. The van der Waals surface area contributed by atoms with Crippen LogP contribution >= 0.6 is 0 Å². The van der Waals surface area contributed by atoms with E-state index in [0.717, 1.165) is 0 Å². The molecule has 0 unspecified atom stereocenters. The minimum Gasteiger partial charge on any atom is -0.382 e. The molecule has 3 N–H and O–H groups in total. The first kappa shape index (κ1) is 25.5. The molecule has 0 spiro atoms. The molecule has 2 aromatic heterocycles. The molecule has 0 aliphatic heterocycles. The summed E-state index contributed by atoms with van der Waals surface area (Å²) in [6, 6.07) is 5.87.